The number of fused-ring (bicyclic) bond motifs is 1. The summed E-state index contributed by atoms with van der Waals surface area (Å²) in [7, 11) is -0.562. The van der Waals surface area contributed by atoms with E-state index >= 15 is 0 Å². The lowest BCUT2D eigenvalue weighted by Crippen LogP contribution is -2.20. The molecule has 0 bridgehead atoms. The summed E-state index contributed by atoms with van der Waals surface area (Å²) in [6.07, 6.45) is 0. The van der Waals surface area contributed by atoms with E-state index in [1.165, 1.54) is 37.8 Å². The molecule has 0 atom stereocenters. The van der Waals surface area contributed by atoms with Crippen LogP contribution in [0.1, 0.15) is 0 Å². The molecule has 0 N–H and O–H groups in total. The molecule has 0 aliphatic carbocycles. The Hall–Kier alpha value is -3.21. The van der Waals surface area contributed by atoms with Crippen molar-refractivity contribution in [3.8, 4) is 11.1 Å². The van der Waals surface area contributed by atoms with Crippen molar-refractivity contribution in [1.82, 2.24) is 0 Å². The zero-order valence-corrected chi connectivity index (χ0v) is 17.0. The lowest BCUT2D eigenvalue weighted by atomic mass is 9.98. The van der Waals surface area contributed by atoms with Gasteiger partial charge in [0.05, 0.1) is 0 Å². The van der Waals surface area contributed by atoms with Crippen LogP contribution in [0.4, 0.5) is 0 Å². The molecule has 5 aromatic rings. The Kier molecular flexibility index (Phi) is 4.95. The Bertz CT molecular complexity index is 1180. The predicted molar refractivity (Wildman–Crippen MR) is 128 cm³/mol. The molecule has 1 heteroatoms. The van der Waals surface area contributed by atoms with Crippen LogP contribution in [0.3, 0.4) is 0 Å². The SMILES string of the molecule is c1ccc(P(c2ccccc2)c2ccc(-c3cccc4ccccc34)cc2)cc1. The molecule has 0 saturated heterocycles. The Morgan fingerprint density at radius 3 is 1.55 bits per heavy atom. The van der Waals surface area contributed by atoms with E-state index in [0.29, 0.717) is 0 Å². The molecule has 0 saturated carbocycles. The first-order valence-corrected chi connectivity index (χ1v) is 11.2. The summed E-state index contributed by atoms with van der Waals surface area (Å²) >= 11 is 0. The average Bonchev–Trinajstić information content (AvgIpc) is 2.81. The molecule has 0 aliphatic heterocycles. The minimum absolute atomic E-state index is 0.562. The van der Waals surface area contributed by atoms with E-state index in [-0.39, 0.29) is 0 Å². The highest BCUT2D eigenvalue weighted by molar-refractivity contribution is 7.79. The van der Waals surface area contributed by atoms with Crippen LogP contribution in [-0.2, 0) is 0 Å². The number of hydrogen-bond acceptors (Lipinski definition) is 0. The molecule has 0 aromatic heterocycles. The highest BCUT2D eigenvalue weighted by atomic mass is 31.1. The maximum absolute atomic E-state index is 2.31. The molecule has 0 fully saturated rings. The third kappa shape index (κ3) is 3.60. The van der Waals surface area contributed by atoms with Crippen LogP contribution in [0.5, 0.6) is 0 Å². The van der Waals surface area contributed by atoms with Crippen LogP contribution in [0.15, 0.2) is 127 Å². The normalized spacial score (nSPS) is 11.1. The minimum Gasteiger partial charge on any atom is -0.0622 e. The third-order valence-electron chi connectivity index (χ3n) is 5.25. The largest absolute Gasteiger partial charge is 0.0622 e. The van der Waals surface area contributed by atoms with Crippen molar-refractivity contribution >= 4 is 34.6 Å². The van der Waals surface area contributed by atoms with Crippen LogP contribution in [0.25, 0.3) is 21.9 Å². The van der Waals surface area contributed by atoms with Gasteiger partial charge in [-0.15, -0.1) is 0 Å². The van der Waals surface area contributed by atoms with E-state index in [9.17, 15) is 0 Å². The second-order valence-electron chi connectivity index (χ2n) is 7.08. The second kappa shape index (κ2) is 8.03. The van der Waals surface area contributed by atoms with Crippen LogP contribution in [-0.4, -0.2) is 0 Å². The van der Waals surface area contributed by atoms with Crippen molar-refractivity contribution in [2.24, 2.45) is 0 Å². The summed E-state index contributed by atoms with van der Waals surface area (Å²) in [6, 6.07) is 46.0. The zero-order chi connectivity index (χ0) is 19.5. The third-order valence-corrected chi connectivity index (χ3v) is 7.70. The summed E-state index contributed by atoms with van der Waals surface area (Å²) in [5.41, 5.74) is 2.56. The van der Waals surface area contributed by atoms with Crippen molar-refractivity contribution in [3.05, 3.63) is 127 Å². The van der Waals surface area contributed by atoms with Gasteiger partial charge >= 0.3 is 0 Å². The minimum atomic E-state index is -0.562. The van der Waals surface area contributed by atoms with Gasteiger partial charge in [-0.05, 0) is 45.7 Å². The summed E-state index contributed by atoms with van der Waals surface area (Å²) in [6.45, 7) is 0. The Morgan fingerprint density at radius 2 is 0.897 bits per heavy atom. The summed E-state index contributed by atoms with van der Waals surface area (Å²) in [5.74, 6) is 0. The standard InChI is InChI=1S/C28H21P/c1-3-12-24(13-4-1)29(25-14-5-2-6-15-25)26-20-18-23(19-21-26)28-17-9-11-22-10-7-8-16-27(22)28/h1-21H. The van der Waals surface area contributed by atoms with Crippen molar-refractivity contribution in [2.45, 2.75) is 0 Å². The summed E-state index contributed by atoms with van der Waals surface area (Å²) in [4.78, 5) is 0. The van der Waals surface area contributed by atoms with Crippen molar-refractivity contribution < 1.29 is 0 Å². The highest BCUT2D eigenvalue weighted by Gasteiger charge is 2.16. The van der Waals surface area contributed by atoms with Crippen LogP contribution >= 0.6 is 7.92 Å². The molecule has 0 spiro atoms. The first-order chi connectivity index (χ1) is 14.4. The van der Waals surface area contributed by atoms with Gasteiger partial charge in [-0.2, -0.15) is 0 Å². The molecule has 5 aromatic carbocycles. The van der Waals surface area contributed by atoms with Gasteiger partial charge in [0, 0.05) is 0 Å². The predicted octanol–water partition coefficient (Wildman–Crippen LogP) is 6.27. The molecule has 0 heterocycles. The average molecular weight is 388 g/mol. The van der Waals surface area contributed by atoms with Crippen LogP contribution in [0, 0.1) is 0 Å². The quantitative estimate of drug-likeness (QED) is 0.319. The van der Waals surface area contributed by atoms with E-state index in [0.717, 1.165) is 0 Å². The van der Waals surface area contributed by atoms with E-state index in [4.69, 9.17) is 0 Å². The molecule has 0 nitrogen and oxygen atoms in total. The monoisotopic (exact) mass is 388 g/mol. The smallest absolute Gasteiger partial charge is 0.0105 e. The molecular weight excluding hydrogens is 367 g/mol. The maximum atomic E-state index is 2.31. The number of hydrogen-bond donors (Lipinski definition) is 0. The topological polar surface area (TPSA) is 0 Å². The molecule has 0 aliphatic rings. The molecule has 138 valence electrons. The molecular formula is C28H21P. The maximum Gasteiger partial charge on any atom is -0.0105 e. The number of rotatable bonds is 4. The van der Waals surface area contributed by atoms with Gasteiger partial charge in [0.25, 0.3) is 0 Å². The van der Waals surface area contributed by atoms with Crippen LogP contribution < -0.4 is 15.9 Å². The first-order valence-electron chi connectivity index (χ1n) is 9.88. The second-order valence-corrected chi connectivity index (χ2v) is 9.30. The van der Waals surface area contributed by atoms with Crippen molar-refractivity contribution in [2.75, 3.05) is 0 Å². The lowest BCUT2D eigenvalue weighted by molar-refractivity contribution is 1.67. The van der Waals surface area contributed by atoms with E-state index < -0.39 is 7.92 Å². The fraction of sp³-hybridized carbons (Fsp3) is 0. The molecule has 0 unspecified atom stereocenters. The summed E-state index contributed by atoms with van der Waals surface area (Å²) < 4.78 is 0. The number of benzene rings is 5. The molecule has 0 radical (unpaired) electrons. The van der Waals surface area contributed by atoms with Gasteiger partial charge in [-0.3, -0.25) is 0 Å². The van der Waals surface area contributed by atoms with Gasteiger partial charge in [-0.1, -0.05) is 127 Å². The fourth-order valence-electron chi connectivity index (χ4n) is 3.87. The molecule has 5 rings (SSSR count). The zero-order valence-electron chi connectivity index (χ0n) is 16.1. The summed E-state index contributed by atoms with van der Waals surface area (Å²) in [5, 5.41) is 6.72. The Balaban J connectivity index is 1.59. The molecule has 0 amide bonds. The van der Waals surface area contributed by atoms with Gasteiger partial charge in [0.2, 0.25) is 0 Å². The van der Waals surface area contributed by atoms with Gasteiger partial charge in [-0.25, -0.2) is 0 Å². The Morgan fingerprint density at radius 1 is 0.379 bits per heavy atom. The van der Waals surface area contributed by atoms with Crippen molar-refractivity contribution in [1.29, 1.82) is 0 Å². The molecule has 29 heavy (non-hydrogen) atoms. The van der Waals surface area contributed by atoms with E-state index in [1.54, 1.807) is 0 Å². The fourth-order valence-corrected chi connectivity index (χ4v) is 6.15. The first kappa shape index (κ1) is 17.9. The van der Waals surface area contributed by atoms with E-state index in [1.807, 2.05) is 0 Å². The lowest BCUT2D eigenvalue weighted by Gasteiger charge is -2.19. The Labute approximate surface area is 173 Å². The highest BCUT2D eigenvalue weighted by Crippen LogP contribution is 2.34. The van der Waals surface area contributed by atoms with Gasteiger partial charge < -0.3 is 0 Å². The van der Waals surface area contributed by atoms with Gasteiger partial charge in [0.15, 0.2) is 0 Å². The van der Waals surface area contributed by atoms with Crippen molar-refractivity contribution in [3.63, 3.8) is 0 Å². The van der Waals surface area contributed by atoms with E-state index in [2.05, 4.69) is 127 Å². The van der Waals surface area contributed by atoms with Crippen LogP contribution in [0.2, 0.25) is 0 Å². The van der Waals surface area contributed by atoms with Gasteiger partial charge in [0.1, 0.15) is 0 Å².